The molecule has 1 aromatic heterocycles. The number of aromatic amines is 1. The zero-order chi connectivity index (χ0) is 26.1. The zero-order valence-corrected chi connectivity index (χ0v) is 23.8. The fourth-order valence-corrected chi connectivity index (χ4v) is 11.2. The van der Waals surface area contributed by atoms with Crippen LogP contribution >= 0.6 is 11.6 Å². The molecule has 2 saturated heterocycles. The summed E-state index contributed by atoms with van der Waals surface area (Å²) in [4.78, 5) is 20.8. The molecule has 2 aliphatic heterocycles. The lowest BCUT2D eigenvalue weighted by Gasteiger charge is -2.59. The van der Waals surface area contributed by atoms with Crippen molar-refractivity contribution in [2.75, 3.05) is 19.6 Å². The molecular formula is C34H43ClN3O+. The van der Waals surface area contributed by atoms with Gasteiger partial charge in [-0.3, -0.25) is 4.79 Å². The number of aryl methyl sites for hydroxylation is 1. The SMILES string of the molecule is O=C([C@@H]1CNC[C@]12CCCc1[nH+]c(Cl)ccc12)N1CCC(c2ccccc2)CC1C1C2CC3CC(C2)CC1C3. The number of benzene rings is 1. The highest BCUT2D eigenvalue weighted by molar-refractivity contribution is 6.28. The Kier molecular flexibility index (Phi) is 6.11. The molecule has 5 aliphatic carbocycles. The molecular weight excluding hydrogens is 502 g/mol. The number of likely N-dealkylation sites (tertiary alicyclic amines) is 1. The molecule has 1 aromatic carbocycles. The summed E-state index contributed by atoms with van der Waals surface area (Å²) in [6.45, 7) is 2.61. The number of halogens is 1. The maximum absolute atomic E-state index is 14.9. The standard InChI is InChI=1S/C34H42ClN3O/c35-31-9-8-27-29(37-31)7-4-11-34(27)20-36-19-28(34)33(39)38-12-10-24(23-5-2-1-3-6-23)18-30(38)32-25-14-21-13-22(16-25)17-26(32)15-21/h1-3,5-6,8-9,21-22,24-26,28,30,32,36H,4,7,10-20H2/p+1/t21?,22?,24?,25?,26?,28-,30?,32?,34-/m0/s1. The molecule has 1 spiro atoms. The minimum atomic E-state index is -0.114. The maximum Gasteiger partial charge on any atom is 0.273 e. The van der Waals surface area contributed by atoms with Crippen LogP contribution in [0.4, 0.5) is 0 Å². The van der Waals surface area contributed by atoms with E-state index in [0.29, 0.717) is 28.9 Å². The molecule has 39 heavy (non-hydrogen) atoms. The lowest BCUT2D eigenvalue weighted by atomic mass is 9.49. The van der Waals surface area contributed by atoms with Crippen LogP contribution in [-0.2, 0) is 16.6 Å². The van der Waals surface area contributed by atoms with Crippen LogP contribution in [0.5, 0.6) is 0 Å². The van der Waals surface area contributed by atoms with Crippen molar-refractivity contribution in [3.05, 3.63) is 64.4 Å². The number of amides is 1. The van der Waals surface area contributed by atoms with Crippen molar-refractivity contribution in [1.82, 2.24) is 10.2 Å². The molecule has 4 bridgehead atoms. The summed E-state index contributed by atoms with van der Waals surface area (Å²) in [6.07, 6.45) is 12.6. The molecule has 9 rings (SSSR count). The van der Waals surface area contributed by atoms with E-state index < -0.39 is 0 Å². The first-order valence-electron chi connectivity index (χ1n) is 15.9. The van der Waals surface area contributed by atoms with E-state index in [2.05, 4.69) is 51.6 Å². The molecule has 4 saturated carbocycles. The number of nitrogens with one attached hydrogen (secondary N) is 2. The van der Waals surface area contributed by atoms with Crippen molar-refractivity contribution in [3.8, 4) is 0 Å². The second-order valence-corrected chi connectivity index (χ2v) is 14.5. The van der Waals surface area contributed by atoms with E-state index in [9.17, 15) is 4.79 Å². The number of carbonyl (C=O) groups excluding carboxylic acids is 1. The van der Waals surface area contributed by atoms with Crippen LogP contribution in [0, 0.1) is 35.5 Å². The first-order valence-corrected chi connectivity index (χ1v) is 16.2. The van der Waals surface area contributed by atoms with E-state index in [1.807, 2.05) is 6.07 Å². The van der Waals surface area contributed by atoms with Crippen LogP contribution in [-0.4, -0.2) is 36.5 Å². The Morgan fingerprint density at radius 3 is 2.51 bits per heavy atom. The highest BCUT2D eigenvalue weighted by atomic mass is 35.5. The number of H-pyrrole nitrogens is 1. The Hall–Kier alpha value is -1.91. The Morgan fingerprint density at radius 1 is 0.974 bits per heavy atom. The van der Waals surface area contributed by atoms with Gasteiger partial charge in [0.2, 0.25) is 5.91 Å². The van der Waals surface area contributed by atoms with Gasteiger partial charge in [0, 0.05) is 49.1 Å². The summed E-state index contributed by atoms with van der Waals surface area (Å²) in [5.41, 5.74) is 3.95. The van der Waals surface area contributed by atoms with Crippen LogP contribution in [0.2, 0.25) is 5.15 Å². The van der Waals surface area contributed by atoms with Gasteiger partial charge in [-0.25, -0.2) is 0 Å². The second kappa shape index (κ2) is 9.58. The maximum atomic E-state index is 14.9. The van der Waals surface area contributed by atoms with Gasteiger partial charge >= 0.3 is 0 Å². The monoisotopic (exact) mass is 544 g/mol. The summed E-state index contributed by atoms with van der Waals surface area (Å²) in [5, 5.41) is 4.39. The average molecular weight is 545 g/mol. The van der Waals surface area contributed by atoms with Gasteiger partial charge in [-0.05, 0) is 117 Å². The number of rotatable bonds is 3. The molecule has 0 radical (unpaired) electrons. The fraction of sp³-hybridized carbons (Fsp3) is 0.647. The van der Waals surface area contributed by atoms with Gasteiger partial charge in [-0.1, -0.05) is 30.3 Å². The number of fused-ring (bicyclic) bond motifs is 2. The number of piperidine rings is 1. The largest absolute Gasteiger partial charge is 0.339 e. The zero-order valence-electron chi connectivity index (χ0n) is 23.1. The molecule has 3 heterocycles. The first kappa shape index (κ1) is 24.9. The lowest BCUT2D eigenvalue weighted by Crippen LogP contribution is -2.59. The predicted molar refractivity (Wildman–Crippen MR) is 153 cm³/mol. The molecule has 2 unspecified atom stereocenters. The molecule has 4 atom stereocenters. The van der Waals surface area contributed by atoms with Crippen LogP contribution in [0.15, 0.2) is 42.5 Å². The Balaban J connectivity index is 1.14. The van der Waals surface area contributed by atoms with E-state index in [1.54, 1.807) is 0 Å². The molecule has 6 fully saturated rings. The minimum Gasteiger partial charge on any atom is -0.339 e. The minimum absolute atomic E-state index is 0.0127. The third-order valence-corrected chi connectivity index (χ3v) is 12.5. The number of pyridine rings is 1. The van der Waals surface area contributed by atoms with E-state index in [4.69, 9.17) is 11.6 Å². The number of aromatic nitrogens is 1. The van der Waals surface area contributed by atoms with Crippen LogP contribution in [0.1, 0.15) is 80.5 Å². The number of carbonyl (C=O) groups is 1. The molecule has 4 nitrogen and oxygen atoms in total. The van der Waals surface area contributed by atoms with Crippen LogP contribution < -0.4 is 10.3 Å². The highest BCUT2D eigenvalue weighted by Crippen LogP contribution is 2.59. The van der Waals surface area contributed by atoms with Crippen LogP contribution in [0.25, 0.3) is 0 Å². The number of hydrogen-bond donors (Lipinski definition) is 1. The van der Waals surface area contributed by atoms with Crippen molar-refractivity contribution in [2.24, 2.45) is 35.5 Å². The van der Waals surface area contributed by atoms with Gasteiger partial charge < -0.3 is 10.2 Å². The summed E-state index contributed by atoms with van der Waals surface area (Å²) in [6, 6.07) is 15.8. The normalized spacial score (nSPS) is 40.7. The number of hydrogen-bond acceptors (Lipinski definition) is 2. The van der Waals surface area contributed by atoms with Gasteiger partial charge in [0.1, 0.15) is 0 Å². The van der Waals surface area contributed by atoms with E-state index in [-0.39, 0.29) is 11.3 Å². The highest BCUT2D eigenvalue weighted by Gasteiger charge is 2.56. The van der Waals surface area contributed by atoms with E-state index in [0.717, 1.165) is 75.4 Å². The summed E-state index contributed by atoms with van der Waals surface area (Å²) < 4.78 is 0. The average Bonchev–Trinajstić information content (AvgIpc) is 3.36. The van der Waals surface area contributed by atoms with Crippen molar-refractivity contribution in [3.63, 3.8) is 0 Å². The molecule has 5 heteroatoms. The summed E-state index contributed by atoms with van der Waals surface area (Å²) in [7, 11) is 0. The van der Waals surface area contributed by atoms with Crippen molar-refractivity contribution < 1.29 is 9.78 Å². The van der Waals surface area contributed by atoms with Gasteiger partial charge in [0.25, 0.3) is 5.15 Å². The molecule has 2 aromatic rings. The van der Waals surface area contributed by atoms with Crippen molar-refractivity contribution >= 4 is 17.5 Å². The third kappa shape index (κ3) is 4.02. The van der Waals surface area contributed by atoms with Gasteiger partial charge in [0.05, 0.1) is 5.92 Å². The van der Waals surface area contributed by atoms with Crippen molar-refractivity contribution in [2.45, 2.75) is 81.6 Å². The summed E-state index contributed by atoms with van der Waals surface area (Å²) >= 11 is 6.38. The molecule has 1 amide bonds. The van der Waals surface area contributed by atoms with E-state index in [1.165, 1.54) is 48.9 Å². The number of nitrogens with zero attached hydrogens (tertiary/aromatic N) is 1. The topological polar surface area (TPSA) is 46.5 Å². The first-order chi connectivity index (χ1) is 19.1. The van der Waals surface area contributed by atoms with Crippen LogP contribution in [0.3, 0.4) is 0 Å². The fourth-order valence-electron chi connectivity index (χ4n) is 11.0. The predicted octanol–water partition coefficient (Wildman–Crippen LogP) is 5.79. The lowest BCUT2D eigenvalue weighted by molar-refractivity contribution is -0.390. The third-order valence-electron chi connectivity index (χ3n) is 12.3. The molecule has 2 N–H and O–H groups in total. The Morgan fingerprint density at radius 2 is 1.74 bits per heavy atom. The molecule has 206 valence electrons. The molecule has 7 aliphatic rings. The second-order valence-electron chi connectivity index (χ2n) is 14.1. The van der Waals surface area contributed by atoms with Gasteiger partial charge in [-0.15, -0.1) is 0 Å². The van der Waals surface area contributed by atoms with E-state index >= 15 is 0 Å². The Labute approximate surface area is 238 Å². The van der Waals surface area contributed by atoms with Crippen molar-refractivity contribution in [1.29, 1.82) is 0 Å². The van der Waals surface area contributed by atoms with Gasteiger partial charge in [0.15, 0.2) is 5.69 Å². The summed E-state index contributed by atoms with van der Waals surface area (Å²) in [5.74, 6) is 5.31. The Bertz CT molecular complexity index is 1220. The smallest absolute Gasteiger partial charge is 0.273 e. The van der Waals surface area contributed by atoms with Gasteiger partial charge in [-0.2, -0.15) is 4.98 Å². The quantitative estimate of drug-likeness (QED) is 0.497.